The van der Waals surface area contributed by atoms with Crippen molar-refractivity contribution < 1.29 is 48.9 Å². The number of rotatable bonds is 5. The van der Waals surface area contributed by atoms with Crippen LogP contribution in [0.15, 0.2) is 0 Å². The quantitative estimate of drug-likeness (QED) is 0.291. The lowest BCUT2D eigenvalue weighted by molar-refractivity contribution is -0.329. The van der Waals surface area contributed by atoms with Crippen molar-refractivity contribution in [3.63, 3.8) is 0 Å². The first-order valence-electron chi connectivity index (χ1n) is 8.34. The summed E-state index contributed by atoms with van der Waals surface area (Å²) in [5, 5.41) is 51.3. The van der Waals surface area contributed by atoms with Gasteiger partial charge >= 0.3 is 0 Å². The van der Waals surface area contributed by atoms with Crippen LogP contribution in [0.2, 0.25) is 0 Å². The van der Waals surface area contributed by atoms with Gasteiger partial charge in [0.05, 0.1) is 19.3 Å². The fourth-order valence-corrected chi connectivity index (χ4v) is 3.14. The third-order valence-corrected chi connectivity index (χ3v) is 4.73. The van der Waals surface area contributed by atoms with E-state index in [0.717, 1.165) is 6.92 Å². The molecule has 0 spiro atoms. The van der Waals surface area contributed by atoms with E-state index in [4.69, 9.17) is 14.2 Å². The standard InChI is InChI=1S/C15H26FNO9/c1-5-10(21)7(3-18)25-15(11(5)22)26-13-9(17-6(2)20)14(16)24-8(4-19)12(13)23/h5,7-15,18-19,21-23H,3-4H2,1-2H3,(H,17,20)/t5-,7?,8?,9+,10?,11+,12?,13+,14?,15?/m1/s1. The molecule has 10 atom stereocenters. The molecule has 0 radical (unpaired) electrons. The zero-order valence-electron chi connectivity index (χ0n) is 14.4. The molecule has 0 bridgehead atoms. The summed E-state index contributed by atoms with van der Waals surface area (Å²) in [4.78, 5) is 11.3. The number of aliphatic hydroxyl groups excluding tert-OH is 5. The van der Waals surface area contributed by atoms with Crippen LogP contribution in [-0.4, -0.2) is 100.0 Å². The van der Waals surface area contributed by atoms with Crippen LogP contribution in [0.5, 0.6) is 0 Å². The first-order valence-corrected chi connectivity index (χ1v) is 8.34. The maximum atomic E-state index is 14.3. The van der Waals surface area contributed by atoms with Gasteiger partial charge in [-0.1, -0.05) is 6.92 Å². The van der Waals surface area contributed by atoms with E-state index in [9.17, 15) is 34.7 Å². The predicted octanol–water partition coefficient (Wildman–Crippen LogP) is -3.00. The zero-order valence-corrected chi connectivity index (χ0v) is 14.4. The Labute approximate surface area is 149 Å². The highest BCUT2D eigenvalue weighted by atomic mass is 19.1. The molecule has 2 aliphatic rings. The number of halogens is 1. The molecule has 0 saturated carbocycles. The summed E-state index contributed by atoms with van der Waals surface area (Å²) in [6.07, 6.45) is -11.3. The molecule has 11 heteroatoms. The zero-order chi connectivity index (χ0) is 19.6. The third kappa shape index (κ3) is 4.31. The second-order valence-electron chi connectivity index (χ2n) is 6.59. The van der Waals surface area contributed by atoms with Crippen LogP contribution in [0.3, 0.4) is 0 Å². The van der Waals surface area contributed by atoms with E-state index in [-0.39, 0.29) is 0 Å². The summed E-state index contributed by atoms with van der Waals surface area (Å²) >= 11 is 0. The summed E-state index contributed by atoms with van der Waals surface area (Å²) in [6.45, 7) is 1.41. The molecular formula is C15H26FNO9. The monoisotopic (exact) mass is 383 g/mol. The van der Waals surface area contributed by atoms with Gasteiger partial charge in [-0.2, -0.15) is 0 Å². The minimum absolute atomic E-state index is 0.547. The van der Waals surface area contributed by atoms with Crippen LogP contribution in [-0.2, 0) is 19.0 Å². The average Bonchev–Trinajstić information content (AvgIpc) is 2.60. The maximum Gasteiger partial charge on any atom is 0.222 e. The summed E-state index contributed by atoms with van der Waals surface area (Å²) in [5.41, 5.74) is 0. The van der Waals surface area contributed by atoms with Crippen molar-refractivity contribution in [2.75, 3.05) is 13.2 Å². The Morgan fingerprint density at radius 3 is 2.19 bits per heavy atom. The molecule has 10 nitrogen and oxygen atoms in total. The number of ether oxygens (including phenoxy) is 3. The van der Waals surface area contributed by atoms with Crippen molar-refractivity contribution in [1.29, 1.82) is 0 Å². The van der Waals surface area contributed by atoms with E-state index in [0.29, 0.717) is 0 Å². The van der Waals surface area contributed by atoms with Crippen LogP contribution < -0.4 is 5.32 Å². The van der Waals surface area contributed by atoms with Crippen LogP contribution in [0, 0.1) is 5.92 Å². The maximum absolute atomic E-state index is 14.3. The van der Waals surface area contributed by atoms with Gasteiger partial charge in [-0.15, -0.1) is 0 Å². The minimum Gasteiger partial charge on any atom is -0.394 e. The fraction of sp³-hybridized carbons (Fsp3) is 0.933. The van der Waals surface area contributed by atoms with Gasteiger partial charge in [0, 0.05) is 12.8 Å². The largest absolute Gasteiger partial charge is 0.394 e. The van der Waals surface area contributed by atoms with E-state index < -0.39 is 80.4 Å². The van der Waals surface area contributed by atoms with Gasteiger partial charge < -0.3 is 45.1 Å². The van der Waals surface area contributed by atoms with Crippen molar-refractivity contribution >= 4 is 5.91 Å². The summed E-state index contributed by atoms with van der Waals surface area (Å²) in [5.74, 6) is -1.34. The SMILES string of the molecule is CC(=O)N[C@@H]1C(F)OC(CO)C(O)[C@H]1OC1OC(CO)C(O)[C@@H](C)[C@@H]1O. The van der Waals surface area contributed by atoms with Crippen LogP contribution in [0.4, 0.5) is 4.39 Å². The first kappa shape index (κ1) is 21.4. The molecule has 0 aromatic rings. The van der Waals surface area contributed by atoms with Crippen molar-refractivity contribution in [2.24, 2.45) is 5.92 Å². The number of amides is 1. The Morgan fingerprint density at radius 1 is 1.08 bits per heavy atom. The van der Waals surface area contributed by atoms with Crippen LogP contribution >= 0.6 is 0 Å². The fourth-order valence-electron chi connectivity index (χ4n) is 3.14. The molecule has 1 amide bonds. The number of alkyl halides is 1. The molecule has 2 fully saturated rings. The van der Waals surface area contributed by atoms with Gasteiger partial charge in [0.25, 0.3) is 0 Å². The van der Waals surface area contributed by atoms with Crippen molar-refractivity contribution in [2.45, 2.75) is 69.2 Å². The summed E-state index contributed by atoms with van der Waals surface area (Å²) in [6, 6.07) is -1.42. The van der Waals surface area contributed by atoms with Gasteiger partial charge in [0.2, 0.25) is 12.3 Å². The van der Waals surface area contributed by atoms with Gasteiger partial charge in [-0.3, -0.25) is 4.79 Å². The Morgan fingerprint density at radius 2 is 1.65 bits per heavy atom. The van der Waals surface area contributed by atoms with E-state index >= 15 is 0 Å². The molecule has 26 heavy (non-hydrogen) atoms. The molecule has 0 aromatic carbocycles. The minimum atomic E-state index is -2.08. The van der Waals surface area contributed by atoms with E-state index in [2.05, 4.69) is 5.32 Å². The average molecular weight is 383 g/mol. The molecular weight excluding hydrogens is 357 g/mol. The predicted molar refractivity (Wildman–Crippen MR) is 82.3 cm³/mol. The topological polar surface area (TPSA) is 158 Å². The van der Waals surface area contributed by atoms with E-state index in [1.54, 1.807) is 0 Å². The number of carbonyl (C=O) groups is 1. The van der Waals surface area contributed by atoms with Gasteiger partial charge in [0.1, 0.15) is 36.6 Å². The number of aliphatic hydroxyl groups is 5. The molecule has 2 aliphatic heterocycles. The van der Waals surface area contributed by atoms with Gasteiger partial charge in [-0.05, 0) is 0 Å². The van der Waals surface area contributed by atoms with Crippen molar-refractivity contribution in [3.05, 3.63) is 0 Å². The van der Waals surface area contributed by atoms with Crippen LogP contribution in [0.25, 0.3) is 0 Å². The van der Waals surface area contributed by atoms with E-state index in [1.165, 1.54) is 6.92 Å². The van der Waals surface area contributed by atoms with Gasteiger partial charge in [0.15, 0.2) is 6.29 Å². The normalized spacial score (nSPS) is 46.8. The Hall–Kier alpha value is -0.920. The Bertz CT molecular complexity index is 482. The first-order chi connectivity index (χ1) is 12.2. The molecule has 2 heterocycles. The number of hydrogen-bond donors (Lipinski definition) is 6. The highest BCUT2D eigenvalue weighted by Gasteiger charge is 2.50. The molecule has 6 unspecified atom stereocenters. The molecule has 0 aliphatic carbocycles. The van der Waals surface area contributed by atoms with Gasteiger partial charge in [-0.25, -0.2) is 4.39 Å². The third-order valence-electron chi connectivity index (χ3n) is 4.73. The number of carbonyl (C=O) groups excluding carboxylic acids is 1. The van der Waals surface area contributed by atoms with Crippen molar-refractivity contribution in [1.82, 2.24) is 5.32 Å². The second kappa shape index (κ2) is 8.85. The lowest BCUT2D eigenvalue weighted by Gasteiger charge is -2.46. The highest BCUT2D eigenvalue weighted by Crippen LogP contribution is 2.31. The van der Waals surface area contributed by atoms with Crippen LogP contribution in [0.1, 0.15) is 13.8 Å². The van der Waals surface area contributed by atoms with E-state index in [1.807, 2.05) is 0 Å². The number of nitrogens with one attached hydrogen (secondary N) is 1. The lowest BCUT2D eigenvalue weighted by atomic mass is 9.90. The Kier molecular flexibility index (Phi) is 7.27. The molecule has 2 saturated heterocycles. The molecule has 6 N–H and O–H groups in total. The summed E-state index contributed by atoms with van der Waals surface area (Å²) < 4.78 is 30.0. The lowest BCUT2D eigenvalue weighted by Crippen LogP contribution is -2.66. The Balaban J connectivity index is 2.21. The smallest absolute Gasteiger partial charge is 0.222 e. The second-order valence-corrected chi connectivity index (χ2v) is 6.59. The molecule has 0 aromatic heterocycles. The summed E-state index contributed by atoms with van der Waals surface area (Å²) in [7, 11) is 0. The molecule has 152 valence electrons. The number of hydrogen-bond acceptors (Lipinski definition) is 9. The molecule has 2 rings (SSSR count). The van der Waals surface area contributed by atoms with Crippen molar-refractivity contribution in [3.8, 4) is 0 Å². The highest BCUT2D eigenvalue weighted by molar-refractivity contribution is 5.73.